The Labute approximate surface area is 183 Å². The van der Waals surface area contributed by atoms with Crippen molar-refractivity contribution in [3.05, 3.63) is 84.4 Å². The molecule has 31 heavy (non-hydrogen) atoms. The topological polar surface area (TPSA) is 69.7 Å². The molecule has 0 atom stereocenters. The molecular formula is C24H25N3O3S. The maximum atomic E-state index is 12.8. The van der Waals surface area contributed by atoms with Crippen molar-refractivity contribution in [1.29, 1.82) is 0 Å². The van der Waals surface area contributed by atoms with E-state index < -0.39 is 10.0 Å². The third-order valence-electron chi connectivity index (χ3n) is 5.43. The van der Waals surface area contributed by atoms with E-state index in [4.69, 9.17) is 0 Å². The molecule has 1 aliphatic rings. The Balaban J connectivity index is 1.34. The van der Waals surface area contributed by atoms with Gasteiger partial charge in [0, 0.05) is 31.9 Å². The van der Waals surface area contributed by atoms with Crippen molar-refractivity contribution < 1.29 is 13.2 Å². The highest BCUT2D eigenvalue weighted by Crippen LogP contribution is 2.22. The molecular weight excluding hydrogens is 410 g/mol. The lowest BCUT2D eigenvalue weighted by Crippen LogP contribution is -2.51. The molecule has 1 heterocycles. The highest BCUT2D eigenvalue weighted by atomic mass is 32.2. The summed E-state index contributed by atoms with van der Waals surface area (Å²) in [5, 5.41) is 2.90. The van der Waals surface area contributed by atoms with Crippen molar-refractivity contribution in [2.24, 2.45) is 0 Å². The zero-order valence-corrected chi connectivity index (χ0v) is 18.2. The van der Waals surface area contributed by atoms with Crippen LogP contribution >= 0.6 is 0 Å². The minimum Gasteiger partial charge on any atom is -0.322 e. The van der Waals surface area contributed by atoms with Gasteiger partial charge in [-0.3, -0.25) is 0 Å². The molecule has 3 aromatic carbocycles. The van der Waals surface area contributed by atoms with E-state index in [-0.39, 0.29) is 24.0 Å². The zero-order chi connectivity index (χ0) is 21.8. The Kier molecular flexibility index (Phi) is 6.06. The van der Waals surface area contributed by atoms with E-state index in [0.29, 0.717) is 18.8 Å². The van der Waals surface area contributed by atoms with Crippen molar-refractivity contribution in [2.75, 3.05) is 31.5 Å². The number of nitrogens with zero attached hydrogens (tertiary/aromatic N) is 2. The number of nitrogens with one attached hydrogen (secondary N) is 1. The van der Waals surface area contributed by atoms with Crippen LogP contribution in [0.2, 0.25) is 0 Å². The van der Waals surface area contributed by atoms with Crippen LogP contribution in [0.25, 0.3) is 11.1 Å². The lowest BCUT2D eigenvalue weighted by molar-refractivity contribution is 0.184. The average Bonchev–Trinajstić information content (AvgIpc) is 2.80. The molecule has 1 saturated heterocycles. The molecule has 0 aromatic heterocycles. The first-order valence-electron chi connectivity index (χ1n) is 10.2. The van der Waals surface area contributed by atoms with Crippen molar-refractivity contribution >= 4 is 21.7 Å². The van der Waals surface area contributed by atoms with Gasteiger partial charge in [-0.2, -0.15) is 4.31 Å². The molecule has 0 radical (unpaired) electrons. The Hall–Kier alpha value is -3.16. The fraction of sp³-hybridized carbons (Fsp3) is 0.208. The van der Waals surface area contributed by atoms with Gasteiger partial charge < -0.3 is 10.2 Å². The van der Waals surface area contributed by atoms with E-state index in [9.17, 15) is 13.2 Å². The standard InChI is InChI=1S/C24H25N3O3S/c1-19-7-13-23(14-8-19)31(29,30)27-17-15-26(16-18-27)24(28)25-22-11-9-21(10-12-22)20-5-3-2-4-6-20/h2-14H,15-18H2,1H3,(H,25,28). The van der Waals surface area contributed by atoms with Crippen LogP contribution < -0.4 is 5.32 Å². The predicted octanol–water partition coefficient (Wildman–Crippen LogP) is 4.20. The van der Waals surface area contributed by atoms with Gasteiger partial charge in [0.2, 0.25) is 10.0 Å². The summed E-state index contributed by atoms with van der Waals surface area (Å²) in [6, 6.07) is 24.3. The minimum absolute atomic E-state index is 0.222. The Morgan fingerprint density at radius 1 is 0.774 bits per heavy atom. The van der Waals surface area contributed by atoms with E-state index in [1.807, 2.05) is 61.5 Å². The van der Waals surface area contributed by atoms with Crippen LogP contribution in [0.1, 0.15) is 5.56 Å². The summed E-state index contributed by atoms with van der Waals surface area (Å²) in [4.78, 5) is 14.6. The van der Waals surface area contributed by atoms with E-state index in [1.54, 1.807) is 29.2 Å². The SMILES string of the molecule is Cc1ccc(S(=O)(=O)N2CCN(C(=O)Nc3ccc(-c4ccccc4)cc3)CC2)cc1. The summed E-state index contributed by atoms with van der Waals surface area (Å²) >= 11 is 0. The number of urea groups is 1. The van der Waals surface area contributed by atoms with Crippen molar-refractivity contribution in [1.82, 2.24) is 9.21 Å². The van der Waals surface area contributed by atoms with Gasteiger partial charge in [-0.25, -0.2) is 13.2 Å². The first-order valence-corrected chi connectivity index (χ1v) is 11.7. The fourth-order valence-electron chi connectivity index (χ4n) is 3.57. The lowest BCUT2D eigenvalue weighted by atomic mass is 10.1. The van der Waals surface area contributed by atoms with Gasteiger partial charge in [0.25, 0.3) is 0 Å². The summed E-state index contributed by atoms with van der Waals surface area (Å²) in [7, 11) is -3.54. The number of aryl methyl sites for hydroxylation is 1. The molecule has 0 aliphatic carbocycles. The second kappa shape index (κ2) is 8.91. The number of hydrogen-bond donors (Lipinski definition) is 1. The Bertz CT molecular complexity index is 1140. The Morgan fingerprint density at radius 2 is 1.35 bits per heavy atom. The normalized spacial score (nSPS) is 14.9. The molecule has 1 fully saturated rings. The quantitative estimate of drug-likeness (QED) is 0.668. The van der Waals surface area contributed by atoms with Gasteiger partial charge in [0.15, 0.2) is 0 Å². The van der Waals surface area contributed by atoms with Crippen LogP contribution in [0, 0.1) is 6.92 Å². The zero-order valence-electron chi connectivity index (χ0n) is 17.4. The first-order chi connectivity index (χ1) is 14.9. The number of benzene rings is 3. The minimum atomic E-state index is -3.54. The number of anilines is 1. The summed E-state index contributed by atoms with van der Waals surface area (Å²) < 4.78 is 27.1. The van der Waals surface area contributed by atoms with Crippen LogP contribution in [-0.4, -0.2) is 49.8 Å². The molecule has 3 aromatic rings. The van der Waals surface area contributed by atoms with Gasteiger partial charge in [0.1, 0.15) is 0 Å². The molecule has 0 unspecified atom stereocenters. The van der Waals surface area contributed by atoms with E-state index in [2.05, 4.69) is 5.32 Å². The summed E-state index contributed by atoms with van der Waals surface area (Å²) in [6.07, 6.45) is 0. The summed E-state index contributed by atoms with van der Waals surface area (Å²) in [5.41, 5.74) is 3.91. The molecule has 160 valence electrons. The highest BCUT2D eigenvalue weighted by Gasteiger charge is 2.30. The van der Waals surface area contributed by atoms with E-state index >= 15 is 0 Å². The van der Waals surface area contributed by atoms with Crippen LogP contribution in [0.4, 0.5) is 10.5 Å². The summed E-state index contributed by atoms with van der Waals surface area (Å²) in [5.74, 6) is 0. The fourth-order valence-corrected chi connectivity index (χ4v) is 4.99. The molecule has 2 amide bonds. The van der Waals surface area contributed by atoms with Crippen molar-refractivity contribution in [3.63, 3.8) is 0 Å². The summed E-state index contributed by atoms with van der Waals surface area (Å²) in [6.45, 7) is 3.16. The second-order valence-electron chi connectivity index (χ2n) is 7.58. The number of rotatable bonds is 4. The van der Waals surface area contributed by atoms with Crippen LogP contribution in [0.15, 0.2) is 83.8 Å². The maximum Gasteiger partial charge on any atom is 0.321 e. The monoisotopic (exact) mass is 435 g/mol. The number of piperazine rings is 1. The predicted molar refractivity (Wildman–Crippen MR) is 122 cm³/mol. The molecule has 6 nitrogen and oxygen atoms in total. The Morgan fingerprint density at radius 3 is 1.97 bits per heavy atom. The van der Waals surface area contributed by atoms with Gasteiger partial charge in [0.05, 0.1) is 4.90 Å². The van der Waals surface area contributed by atoms with E-state index in [1.165, 1.54) is 4.31 Å². The van der Waals surface area contributed by atoms with E-state index in [0.717, 1.165) is 16.7 Å². The third kappa shape index (κ3) is 4.78. The smallest absolute Gasteiger partial charge is 0.321 e. The molecule has 4 rings (SSSR count). The number of carbonyl (C=O) groups is 1. The molecule has 0 bridgehead atoms. The van der Waals surface area contributed by atoms with Crippen molar-refractivity contribution in [3.8, 4) is 11.1 Å². The molecule has 1 aliphatic heterocycles. The van der Waals surface area contributed by atoms with Gasteiger partial charge >= 0.3 is 6.03 Å². The first kappa shape index (κ1) is 21.1. The van der Waals surface area contributed by atoms with Gasteiger partial charge in [-0.15, -0.1) is 0 Å². The number of carbonyl (C=O) groups excluding carboxylic acids is 1. The molecule has 0 spiro atoms. The number of amides is 2. The van der Waals surface area contributed by atoms with Crippen LogP contribution in [0.5, 0.6) is 0 Å². The molecule has 7 heteroatoms. The van der Waals surface area contributed by atoms with Crippen LogP contribution in [-0.2, 0) is 10.0 Å². The lowest BCUT2D eigenvalue weighted by Gasteiger charge is -2.34. The van der Waals surface area contributed by atoms with Crippen LogP contribution in [0.3, 0.4) is 0 Å². The largest absolute Gasteiger partial charge is 0.322 e. The third-order valence-corrected chi connectivity index (χ3v) is 7.34. The molecule has 0 saturated carbocycles. The second-order valence-corrected chi connectivity index (χ2v) is 9.52. The maximum absolute atomic E-state index is 12.8. The van der Waals surface area contributed by atoms with Gasteiger partial charge in [-0.05, 0) is 42.3 Å². The molecule has 1 N–H and O–H groups in total. The van der Waals surface area contributed by atoms with Crippen molar-refractivity contribution in [2.45, 2.75) is 11.8 Å². The highest BCUT2D eigenvalue weighted by molar-refractivity contribution is 7.89. The number of sulfonamides is 1. The average molecular weight is 436 g/mol. The number of hydrogen-bond acceptors (Lipinski definition) is 3. The van der Waals surface area contributed by atoms with Gasteiger partial charge in [-0.1, -0.05) is 60.2 Å².